The Morgan fingerprint density at radius 3 is 2.00 bits per heavy atom. The zero-order valence-corrected chi connectivity index (χ0v) is 12.6. The first-order valence-corrected chi connectivity index (χ1v) is 6.84. The molecule has 0 spiro atoms. The Morgan fingerprint density at radius 2 is 1.40 bits per heavy atom. The molecule has 0 aliphatic rings. The van der Waals surface area contributed by atoms with Crippen molar-refractivity contribution in [2.24, 2.45) is 0 Å². The molecule has 2 aromatic rings. The summed E-state index contributed by atoms with van der Waals surface area (Å²) in [6, 6.07) is 15.2. The van der Waals surface area contributed by atoms with E-state index in [0.29, 0.717) is 0 Å². The molecule has 0 N–H and O–H groups in total. The summed E-state index contributed by atoms with van der Waals surface area (Å²) in [6.07, 6.45) is 0. The molecule has 0 aliphatic heterocycles. The summed E-state index contributed by atoms with van der Waals surface area (Å²) in [6.45, 7) is 2.15. The molecule has 0 bridgehead atoms. The molecule has 0 amide bonds. The molecule has 2 aromatic carbocycles. The molecule has 0 unspecified atom stereocenters. The van der Waals surface area contributed by atoms with E-state index in [1.807, 2.05) is 0 Å². The smallest absolute Gasteiger partial charge is 0.0159 e. The molecular formula is C13H10I2. The van der Waals surface area contributed by atoms with Gasteiger partial charge in [-0.15, -0.1) is 0 Å². The monoisotopic (exact) mass is 420 g/mol. The lowest BCUT2D eigenvalue weighted by atomic mass is 10.0. The highest BCUT2D eigenvalue weighted by Crippen LogP contribution is 2.23. The minimum Gasteiger partial charge on any atom is -0.0533 e. The Kier molecular flexibility index (Phi) is 3.66. The van der Waals surface area contributed by atoms with Gasteiger partial charge in [0.05, 0.1) is 0 Å². The van der Waals surface area contributed by atoms with Gasteiger partial charge in [-0.05, 0) is 87.0 Å². The van der Waals surface area contributed by atoms with Crippen LogP contribution in [0.5, 0.6) is 0 Å². The lowest BCUT2D eigenvalue weighted by Gasteiger charge is -2.04. The summed E-state index contributed by atoms with van der Waals surface area (Å²) >= 11 is 4.69. The number of hydrogen-bond acceptors (Lipinski definition) is 0. The van der Waals surface area contributed by atoms with Gasteiger partial charge in [-0.2, -0.15) is 0 Å². The van der Waals surface area contributed by atoms with Crippen LogP contribution in [0, 0.1) is 14.1 Å². The third-order valence-electron chi connectivity index (χ3n) is 2.34. The zero-order chi connectivity index (χ0) is 10.8. The normalized spacial score (nSPS) is 10.3. The minimum absolute atomic E-state index is 1.28. The van der Waals surface area contributed by atoms with E-state index in [2.05, 4.69) is 94.6 Å². The van der Waals surface area contributed by atoms with E-state index in [0.717, 1.165) is 0 Å². The Labute approximate surface area is 117 Å². The van der Waals surface area contributed by atoms with Crippen LogP contribution in [0.4, 0.5) is 0 Å². The highest BCUT2D eigenvalue weighted by molar-refractivity contribution is 14.1. The molecule has 0 aromatic heterocycles. The Hall–Kier alpha value is -0.100. The molecule has 0 atom stereocenters. The summed E-state index contributed by atoms with van der Waals surface area (Å²) in [5, 5.41) is 0. The van der Waals surface area contributed by atoms with Gasteiger partial charge < -0.3 is 0 Å². The van der Waals surface area contributed by atoms with Crippen molar-refractivity contribution in [3.05, 3.63) is 55.2 Å². The van der Waals surface area contributed by atoms with Gasteiger partial charge in [-0.1, -0.05) is 24.3 Å². The van der Waals surface area contributed by atoms with E-state index in [9.17, 15) is 0 Å². The molecule has 0 fully saturated rings. The van der Waals surface area contributed by atoms with E-state index in [1.165, 1.54) is 23.8 Å². The summed E-state index contributed by atoms with van der Waals surface area (Å²) in [4.78, 5) is 0. The number of benzene rings is 2. The zero-order valence-electron chi connectivity index (χ0n) is 8.30. The SMILES string of the molecule is Cc1cc(-c2ccc(I)cc2)ccc1I. The van der Waals surface area contributed by atoms with Gasteiger partial charge in [0.1, 0.15) is 0 Å². The molecule has 0 radical (unpaired) electrons. The lowest BCUT2D eigenvalue weighted by molar-refractivity contribution is 1.42. The van der Waals surface area contributed by atoms with Gasteiger partial charge >= 0.3 is 0 Å². The van der Waals surface area contributed by atoms with Gasteiger partial charge in [-0.3, -0.25) is 0 Å². The van der Waals surface area contributed by atoms with Crippen molar-refractivity contribution in [1.82, 2.24) is 0 Å². The van der Waals surface area contributed by atoms with Crippen LogP contribution in [0.3, 0.4) is 0 Å². The van der Waals surface area contributed by atoms with Gasteiger partial charge in [0, 0.05) is 7.14 Å². The number of aryl methyl sites for hydroxylation is 1. The van der Waals surface area contributed by atoms with Gasteiger partial charge in [0.25, 0.3) is 0 Å². The molecule has 76 valence electrons. The van der Waals surface area contributed by atoms with Crippen molar-refractivity contribution < 1.29 is 0 Å². The van der Waals surface area contributed by atoms with Crippen LogP contribution >= 0.6 is 45.2 Å². The van der Waals surface area contributed by atoms with Crippen molar-refractivity contribution in [2.75, 3.05) is 0 Å². The molecule has 0 aliphatic carbocycles. The maximum absolute atomic E-state index is 2.36. The predicted octanol–water partition coefficient (Wildman–Crippen LogP) is 4.87. The first kappa shape index (κ1) is 11.4. The average Bonchev–Trinajstić information content (AvgIpc) is 2.23. The van der Waals surface area contributed by atoms with Crippen LogP contribution in [0.2, 0.25) is 0 Å². The van der Waals surface area contributed by atoms with Crippen LogP contribution in [-0.4, -0.2) is 0 Å². The van der Waals surface area contributed by atoms with Crippen molar-refractivity contribution >= 4 is 45.2 Å². The van der Waals surface area contributed by atoms with Crippen molar-refractivity contribution in [2.45, 2.75) is 6.92 Å². The van der Waals surface area contributed by atoms with E-state index in [1.54, 1.807) is 0 Å². The van der Waals surface area contributed by atoms with E-state index >= 15 is 0 Å². The number of rotatable bonds is 1. The fraction of sp³-hybridized carbons (Fsp3) is 0.0769. The Morgan fingerprint density at radius 1 is 0.800 bits per heavy atom. The van der Waals surface area contributed by atoms with Gasteiger partial charge in [0.2, 0.25) is 0 Å². The maximum Gasteiger partial charge on any atom is 0.0159 e. The maximum atomic E-state index is 2.36. The van der Waals surface area contributed by atoms with Crippen LogP contribution in [0.25, 0.3) is 11.1 Å². The fourth-order valence-electron chi connectivity index (χ4n) is 1.47. The predicted molar refractivity (Wildman–Crippen MR) is 82.0 cm³/mol. The molecular weight excluding hydrogens is 410 g/mol. The van der Waals surface area contributed by atoms with Crippen LogP contribution in [0.1, 0.15) is 5.56 Å². The minimum atomic E-state index is 1.28. The third-order valence-corrected chi connectivity index (χ3v) is 4.27. The first-order valence-electron chi connectivity index (χ1n) is 4.69. The second-order valence-electron chi connectivity index (χ2n) is 3.47. The fourth-order valence-corrected chi connectivity index (χ4v) is 2.16. The number of halogens is 2. The lowest BCUT2D eigenvalue weighted by Crippen LogP contribution is -1.83. The molecule has 2 heteroatoms. The molecule has 0 saturated carbocycles. The Balaban J connectivity index is 2.45. The average molecular weight is 420 g/mol. The Bertz CT molecular complexity index is 472. The summed E-state index contributed by atoms with van der Waals surface area (Å²) < 4.78 is 2.60. The van der Waals surface area contributed by atoms with Crippen LogP contribution in [0.15, 0.2) is 42.5 Å². The van der Waals surface area contributed by atoms with Crippen LogP contribution < -0.4 is 0 Å². The van der Waals surface area contributed by atoms with E-state index in [-0.39, 0.29) is 0 Å². The van der Waals surface area contributed by atoms with Gasteiger partial charge in [0.15, 0.2) is 0 Å². The standard InChI is InChI=1S/C13H10I2/c1-9-8-11(4-7-13(9)15)10-2-5-12(14)6-3-10/h2-8H,1H3. The molecule has 0 nitrogen and oxygen atoms in total. The second-order valence-corrected chi connectivity index (χ2v) is 5.88. The molecule has 0 heterocycles. The molecule has 2 rings (SSSR count). The second kappa shape index (κ2) is 4.82. The highest BCUT2D eigenvalue weighted by Gasteiger charge is 1.99. The largest absolute Gasteiger partial charge is 0.0533 e. The third kappa shape index (κ3) is 2.72. The van der Waals surface area contributed by atoms with Gasteiger partial charge in [-0.25, -0.2) is 0 Å². The van der Waals surface area contributed by atoms with E-state index in [4.69, 9.17) is 0 Å². The quantitative estimate of drug-likeness (QED) is 0.578. The first-order chi connectivity index (χ1) is 7.16. The van der Waals surface area contributed by atoms with Crippen molar-refractivity contribution in [3.63, 3.8) is 0 Å². The van der Waals surface area contributed by atoms with Crippen molar-refractivity contribution in [1.29, 1.82) is 0 Å². The summed E-state index contributed by atoms with van der Waals surface area (Å²) in [5.74, 6) is 0. The topological polar surface area (TPSA) is 0 Å². The molecule has 15 heavy (non-hydrogen) atoms. The number of hydrogen-bond donors (Lipinski definition) is 0. The van der Waals surface area contributed by atoms with Crippen LogP contribution in [-0.2, 0) is 0 Å². The van der Waals surface area contributed by atoms with Crippen molar-refractivity contribution in [3.8, 4) is 11.1 Å². The summed E-state index contributed by atoms with van der Waals surface area (Å²) in [5.41, 5.74) is 3.92. The molecule has 0 saturated heterocycles. The highest BCUT2D eigenvalue weighted by atomic mass is 127. The summed E-state index contributed by atoms with van der Waals surface area (Å²) in [7, 11) is 0. The van der Waals surface area contributed by atoms with E-state index < -0.39 is 0 Å².